The highest BCUT2D eigenvalue weighted by Crippen LogP contribution is 2.26. The SMILES string of the molecule is CSC1CCC(NC(N)=NCC(C)C)CC1. The first-order chi connectivity index (χ1) is 7.61. The summed E-state index contributed by atoms with van der Waals surface area (Å²) in [5, 5.41) is 4.19. The molecule has 0 saturated heterocycles. The van der Waals surface area contributed by atoms with Crippen LogP contribution in [0.3, 0.4) is 0 Å². The maximum absolute atomic E-state index is 5.85. The Morgan fingerprint density at radius 1 is 1.38 bits per heavy atom. The van der Waals surface area contributed by atoms with Crippen molar-refractivity contribution in [2.75, 3.05) is 12.8 Å². The molecule has 0 aromatic carbocycles. The van der Waals surface area contributed by atoms with Gasteiger partial charge in [0.1, 0.15) is 0 Å². The molecule has 0 unspecified atom stereocenters. The third-order valence-electron chi connectivity index (χ3n) is 2.99. The van der Waals surface area contributed by atoms with Crippen molar-refractivity contribution < 1.29 is 0 Å². The van der Waals surface area contributed by atoms with Crippen LogP contribution >= 0.6 is 11.8 Å². The topological polar surface area (TPSA) is 50.4 Å². The number of hydrogen-bond acceptors (Lipinski definition) is 2. The Morgan fingerprint density at radius 2 is 2.00 bits per heavy atom. The molecule has 1 saturated carbocycles. The van der Waals surface area contributed by atoms with Crippen molar-refractivity contribution in [1.82, 2.24) is 5.32 Å². The molecule has 0 aromatic rings. The van der Waals surface area contributed by atoms with E-state index >= 15 is 0 Å². The van der Waals surface area contributed by atoms with Crippen molar-refractivity contribution in [3.05, 3.63) is 0 Å². The second kappa shape index (κ2) is 7.05. The summed E-state index contributed by atoms with van der Waals surface area (Å²) in [6.07, 6.45) is 7.26. The maximum Gasteiger partial charge on any atom is 0.188 e. The summed E-state index contributed by atoms with van der Waals surface area (Å²) in [6, 6.07) is 0.541. The highest BCUT2D eigenvalue weighted by Gasteiger charge is 2.20. The molecule has 0 amide bonds. The minimum absolute atomic E-state index is 0.541. The van der Waals surface area contributed by atoms with E-state index in [1.807, 2.05) is 11.8 Å². The summed E-state index contributed by atoms with van der Waals surface area (Å²) in [5.74, 6) is 1.20. The molecule has 0 atom stereocenters. The zero-order chi connectivity index (χ0) is 12.0. The average molecular weight is 243 g/mol. The van der Waals surface area contributed by atoms with Gasteiger partial charge in [-0.25, -0.2) is 0 Å². The molecule has 0 bridgehead atoms. The van der Waals surface area contributed by atoms with Gasteiger partial charge in [0.15, 0.2) is 5.96 Å². The minimum atomic E-state index is 0.541. The number of nitrogens with zero attached hydrogens (tertiary/aromatic N) is 1. The van der Waals surface area contributed by atoms with Gasteiger partial charge in [-0.15, -0.1) is 0 Å². The van der Waals surface area contributed by atoms with Crippen molar-refractivity contribution in [2.45, 2.75) is 50.8 Å². The van der Waals surface area contributed by atoms with E-state index < -0.39 is 0 Å². The van der Waals surface area contributed by atoms with Crippen LogP contribution in [0.2, 0.25) is 0 Å². The number of nitrogens with two attached hydrogens (primary N) is 1. The standard InChI is InChI=1S/C12H25N3S/c1-9(2)8-14-12(13)15-10-4-6-11(16-3)7-5-10/h9-11H,4-8H2,1-3H3,(H3,13,14,15). The number of aliphatic imine (C=N–C) groups is 1. The molecule has 0 radical (unpaired) electrons. The second-order valence-electron chi connectivity index (χ2n) is 4.97. The van der Waals surface area contributed by atoms with Crippen LogP contribution in [0, 0.1) is 5.92 Å². The van der Waals surface area contributed by atoms with Crippen LogP contribution in [0.4, 0.5) is 0 Å². The van der Waals surface area contributed by atoms with Crippen molar-refractivity contribution in [2.24, 2.45) is 16.6 Å². The van der Waals surface area contributed by atoms with Gasteiger partial charge in [-0.05, 0) is 37.9 Å². The second-order valence-corrected chi connectivity index (χ2v) is 6.11. The lowest BCUT2D eigenvalue weighted by Gasteiger charge is -2.28. The molecule has 16 heavy (non-hydrogen) atoms. The monoisotopic (exact) mass is 243 g/mol. The summed E-state index contributed by atoms with van der Waals surface area (Å²) >= 11 is 1.99. The van der Waals surface area contributed by atoms with Crippen LogP contribution in [-0.4, -0.2) is 30.1 Å². The van der Waals surface area contributed by atoms with Crippen LogP contribution < -0.4 is 11.1 Å². The highest BCUT2D eigenvalue weighted by molar-refractivity contribution is 7.99. The quantitative estimate of drug-likeness (QED) is 0.588. The zero-order valence-corrected chi connectivity index (χ0v) is 11.5. The van der Waals surface area contributed by atoms with Crippen LogP contribution in [0.25, 0.3) is 0 Å². The van der Waals surface area contributed by atoms with E-state index in [1.54, 1.807) is 0 Å². The summed E-state index contributed by atoms with van der Waals surface area (Å²) < 4.78 is 0. The molecule has 1 fully saturated rings. The molecular formula is C12H25N3S. The molecule has 3 N–H and O–H groups in total. The first-order valence-electron chi connectivity index (χ1n) is 6.21. The summed E-state index contributed by atoms with van der Waals surface area (Å²) in [4.78, 5) is 4.34. The normalized spacial score (nSPS) is 27.1. The van der Waals surface area contributed by atoms with Gasteiger partial charge in [0.05, 0.1) is 0 Å². The van der Waals surface area contributed by atoms with E-state index in [2.05, 4.69) is 30.4 Å². The van der Waals surface area contributed by atoms with Crippen LogP contribution in [-0.2, 0) is 0 Å². The number of hydrogen-bond donors (Lipinski definition) is 2. The Bertz CT molecular complexity index is 220. The van der Waals surface area contributed by atoms with Gasteiger partial charge >= 0.3 is 0 Å². The van der Waals surface area contributed by atoms with Gasteiger partial charge in [-0.1, -0.05) is 13.8 Å². The van der Waals surface area contributed by atoms with Crippen molar-refractivity contribution in [3.63, 3.8) is 0 Å². The fourth-order valence-corrected chi connectivity index (χ4v) is 2.72. The molecule has 0 aromatic heterocycles. The van der Waals surface area contributed by atoms with E-state index in [9.17, 15) is 0 Å². The molecule has 0 aliphatic heterocycles. The minimum Gasteiger partial charge on any atom is -0.370 e. The molecule has 1 rings (SSSR count). The number of rotatable bonds is 4. The predicted molar refractivity (Wildman–Crippen MR) is 74.0 cm³/mol. The average Bonchev–Trinajstić information content (AvgIpc) is 2.27. The third kappa shape index (κ3) is 5.10. The maximum atomic E-state index is 5.85. The lowest BCUT2D eigenvalue weighted by Crippen LogP contribution is -2.42. The Hall–Kier alpha value is -0.380. The Kier molecular flexibility index (Phi) is 6.03. The van der Waals surface area contributed by atoms with Crippen LogP contribution in [0.1, 0.15) is 39.5 Å². The number of guanidine groups is 1. The van der Waals surface area contributed by atoms with Crippen LogP contribution in [0.5, 0.6) is 0 Å². The van der Waals surface area contributed by atoms with E-state index in [-0.39, 0.29) is 0 Å². The van der Waals surface area contributed by atoms with Gasteiger partial charge in [-0.2, -0.15) is 11.8 Å². The van der Waals surface area contributed by atoms with Gasteiger partial charge in [-0.3, -0.25) is 4.99 Å². The van der Waals surface area contributed by atoms with Crippen molar-refractivity contribution >= 4 is 17.7 Å². The Balaban J connectivity index is 2.25. The molecule has 94 valence electrons. The smallest absolute Gasteiger partial charge is 0.188 e. The summed E-state index contributed by atoms with van der Waals surface area (Å²) in [5.41, 5.74) is 5.85. The highest BCUT2D eigenvalue weighted by atomic mass is 32.2. The molecule has 3 nitrogen and oxygen atoms in total. The van der Waals surface area contributed by atoms with Crippen molar-refractivity contribution in [1.29, 1.82) is 0 Å². The van der Waals surface area contributed by atoms with Crippen molar-refractivity contribution in [3.8, 4) is 0 Å². The molecule has 1 aliphatic carbocycles. The summed E-state index contributed by atoms with van der Waals surface area (Å²) in [6.45, 7) is 5.12. The summed E-state index contributed by atoms with van der Waals surface area (Å²) in [7, 11) is 0. The predicted octanol–water partition coefficient (Wildman–Crippen LogP) is 2.22. The van der Waals surface area contributed by atoms with E-state index in [1.165, 1.54) is 25.7 Å². The molecule has 1 aliphatic rings. The zero-order valence-electron chi connectivity index (χ0n) is 10.7. The fraction of sp³-hybridized carbons (Fsp3) is 0.917. The van der Waals surface area contributed by atoms with E-state index in [0.717, 1.165) is 11.8 Å². The number of nitrogens with one attached hydrogen (secondary N) is 1. The van der Waals surface area contributed by atoms with Gasteiger partial charge in [0.2, 0.25) is 0 Å². The van der Waals surface area contributed by atoms with E-state index in [0.29, 0.717) is 17.9 Å². The van der Waals surface area contributed by atoms with Crippen LogP contribution in [0.15, 0.2) is 4.99 Å². The van der Waals surface area contributed by atoms with E-state index in [4.69, 9.17) is 5.73 Å². The third-order valence-corrected chi connectivity index (χ3v) is 4.12. The Morgan fingerprint density at radius 3 is 2.50 bits per heavy atom. The molecular weight excluding hydrogens is 218 g/mol. The number of thioether (sulfide) groups is 1. The lowest BCUT2D eigenvalue weighted by atomic mass is 9.95. The van der Waals surface area contributed by atoms with Gasteiger partial charge in [0, 0.05) is 17.8 Å². The molecule has 0 spiro atoms. The molecule has 4 heteroatoms. The fourth-order valence-electron chi connectivity index (χ4n) is 1.98. The Labute approximate surface area is 104 Å². The van der Waals surface area contributed by atoms with Gasteiger partial charge in [0.25, 0.3) is 0 Å². The largest absolute Gasteiger partial charge is 0.370 e. The lowest BCUT2D eigenvalue weighted by molar-refractivity contribution is 0.420. The van der Waals surface area contributed by atoms with Gasteiger partial charge < -0.3 is 11.1 Å². The molecule has 0 heterocycles. The first-order valence-corrected chi connectivity index (χ1v) is 7.49. The first kappa shape index (κ1) is 13.7.